The maximum atomic E-state index is 4.75. The summed E-state index contributed by atoms with van der Waals surface area (Å²) in [4.78, 5) is 11.5. The van der Waals surface area contributed by atoms with Crippen LogP contribution in [0, 0.1) is 5.92 Å². The zero-order valence-corrected chi connectivity index (χ0v) is 12.2. The maximum Gasteiger partial charge on any atom is 0.107 e. The molecule has 5 nitrogen and oxygen atoms in total. The van der Waals surface area contributed by atoms with Gasteiger partial charge in [-0.05, 0) is 51.4 Å². The highest BCUT2D eigenvalue weighted by Crippen LogP contribution is 2.21. The molecule has 2 aromatic heterocycles. The summed E-state index contributed by atoms with van der Waals surface area (Å²) in [6, 6.07) is 1.98. The Hall–Kier alpha value is -1.75. The van der Waals surface area contributed by atoms with Crippen LogP contribution in [0.4, 0.5) is 0 Å². The summed E-state index contributed by atoms with van der Waals surface area (Å²) in [5.74, 6) is 0.738. The Morgan fingerprint density at radius 1 is 1.20 bits per heavy atom. The number of hydrogen-bond acceptors (Lipinski definition) is 4. The molecule has 0 unspecified atom stereocenters. The Morgan fingerprint density at radius 2 is 2.00 bits per heavy atom. The van der Waals surface area contributed by atoms with Gasteiger partial charge in [0, 0.05) is 19.4 Å². The molecule has 0 N–H and O–H groups in total. The number of rotatable bonds is 3. The lowest BCUT2D eigenvalue weighted by molar-refractivity contribution is 0.218. The molecule has 0 saturated carbocycles. The van der Waals surface area contributed by atoms with Crippen LogP contribution in [0.25, 0.3) is 11.4 Å². The van der Waals surface area contributed by atoms with Crippen LogP contribution in [-0.4, -0.2) is 44.8 Å². The van der Waals surface area contributed by atoms with Crippen LogP contribution in [0.15, 0.2) is 24.7 Å². The molecule has 3 rings (SSSR count). The molecule has 0 spiro atoms. The van der Waals surface area contributed by atoms with Crippen molar-refractivity contribution in [2.24, 2.45) is 13.0 Å². The molecule has 3 heterocycles. The second-order valence-electron chi connectivity index (χ2n) is 5.69. The van der Waals surface area contributed by atoms with E-state index in [0.717, 1.165) is 29.4 Å². The van der Waals surface area contributed by atoms with Gasteiger partial charge in [-0.25, -0.2) is 4.98 Å². The van der Waals surface area contributed by atoms with Crippen LogP contribution in [0.5, 0.6) is 0 Å². The van der Waals surface area contributed by atoms with E-state index in [-0.39, 0.29) is 0 Å². The minimum atomic E-state index is 0.738. The van der Waals surface area contributed by atoms with E-state index in [4.69, 9.17) is 4.98 Å². The van der Waals surface area contributed by atoms with E-state index in [1.807, 2.05) is 30.2 Å². The molecule has 0 atom stereocenters. The Kier molecular flexibility index (Phi) is 3.78. The molecule has 0 aromatic carbocycles. The van der Waals surface area contributed by atoms with Gasteiger partial charge in [0.25, 0.3) is 0 Å². The molecule has 1 saturated heterocycles. The summed E-state index contributed by atoms with van der Waals surface area (Å²) in [6.07, 6.45) is 9.06. The van der Waals surface area contributed by atoms with E-state index >= 15 is 0 Å². The van der Waals surface area contributed by atoms with Crippen LogP contribution in [0.3, 0.4) is 0 Å². The summed E-state index contributed by atoms with van der Waals surface area (Å²) in [6.45, 7) is 2.39. The second-order valence-corrected chi connectivity index (χ2v) is 5.69. The van der Waals surface area contributed by atoms with Crippen molar-refractivity contribution in [1.29, 1.82) is 0 Å². The van der Waals surface area contributed by atoms with E-state index in [1.54, 1.807) is 6.20 Å². The average Bonchev–Trinajstić information content (AvgIpc) is 2.88. The molecule has 1 aliphatic rings. The fourth-order valence-corrected chi connectivity index (χ4v) is 2.82. The van der Waals surface area contributed by atoms with Crippen LogP contribution >= 0.6 is 0 Å². The lowest BCUT2D eigenvalue weighted by Gasteiger charge is -2.28. The highest BCUT2D eigenvalue weighted by Gasteiger charge is 2.18. The van der Waals surface area contributed by atoms with E-state index in [1.165, 1.54) is 25.9 Å². The first kappa shape index (κ1) is 13.2. The summed E-state index contributed by atoms with van der Waals surface area (Å²) >= 11 is 0. The van der Waals surface area contributed by atoms with Gasteiger partial charge >= 0.3 is 0 Å². The monoisotopic (exact) mass is 271 g/mol. The SMILES string of the molecule is CN1CCC(Cc2cncc(-c3ccnn3C)n2)CC1. The number of piperidine rings is 1. The molecule has 0 amide bonds. The number of nitrogens with zero attached hydrogens (tertiary/aromatic N) is 5. The number of likely N-dealkylation sites (tertiary alicyclic amines) is 1. The van der Waals surface area contributed by atoms with Gasteiger partial charge in [0.1, 0.15) is 5.69 Å². The highest BCUT2D eigenvalue weighted by molar-refractivity contribution is 5.52. The van der Waals surface area contributed by atoms with Crippen molar-refractivity contribution >= 4 is 0 Å². The van der Waals surface area contributed by atoms with Gasteiger partial charge in [-0.3, -0.25) is 9.67 Å². The molecule has 0 aliphatic carbocycles. The minimum absolute atomic E-state index is 0.738. The smallest absolute Gasteiger partial charge is 0.107 e. The number of aryl methyl sites for hydroxylation is 1. The van der Waals surface area contributed by atoms with Crippen molar-refractivity contribution in [3.63, 3.8) is 0 Å². The fraction of sp³-hybridized carbons (Fsp3) is 0.533. The zero-order valence-electron chi connectivity index (χ0n) is 12.2. The van der Waals surface area contributed by atoms with Gasteiger partial charge < -0.3 is 4.90 Å². The molecular formula is C15H21N5. The van der Waals surface area contributed by atoms with Crippen LogP contribution in [0.2, 0.25) is 0 Å². The van der Waals surface area contributed by atoms with E-state index in [2.05, 4.69) is 22.0 Å². The van der Waals surface area contributed by atoms with Crippen molar-refractivity contribution in [2.45, 2.75) is 19.3 Å². The molecular weight excluding hydrogens is 250 g/mol. The van der Waals surface area contributed by atoms with Crippen LogP contribution in [-0.2, 0) is 13.5 Å². The number of hydrogen-bond donors (Lipinski definition) is 0. The van der Waals surface area contributed by atoms with Crippen molar-refractivity contribution in [3.8, 4) is 11.4 Å². The predicted molar refractivity (Wildman–Crippen MR) is 78.2 cm³/mol. The Balaban J connectivity index is 1.73. The van der Waals surface area contributed by atoms with Crippen molar-refractivity contribution in [3.05, 3.63) is 30.4 Å². The van der Waals surface area contributed by atoms with E-state index < -0.39 is 0 Å². The van der Waals surface area contributed by atoms with E-state index in [0.29, 0.717) is 0 Å². The van der Waals surface area contributed by atoms with Gasteiger partial charge in [0.15, 0.2) is 0 Å². The summed E-state index contributed by atoms with van der Waals surface area (Å²) in [5, 5.41) is 4.19. The van der Waals surface area contributed by atoms with Crippen LogP contribution in [0.1, 0.15) is 18.5 Å². The van der Waals surface area contributed by atoms with Gasteiger partial charge in [0.05, 0.1) is 17.6 Å². The van der Waals surface area contributed by atoms with Gasteiger partial charge in [0.2, 0.25) is 0 Å². The molecule has 106 valence electrons. The molecule has 0 bridgehead atoms. The quantitative estimate of drug-likeness (QED) is 0.853. The fourth-order valence-electron chi connectivity index (χ4n) is 2.82. The van der Waals surface area contributed by atoms with Crippen molar-refractivity contribution < 1.29 is 0 Å². The molecule has 2 aromatic rings. The first-order chi connectivity index (χ1) is 9.72. The molecule has 5 heteroatoms. The standard InChI is InChI=1S/C15H21N5/c1-19-7-4-12(5-8-19)9-13-10-16-11-14(18-13)15-3-6-17-20(15)2/h3,6,10-12H,4-5,7-9H2,1-2H3. The molecule has 0 radical (unpaired) electrons. The Labute approximate surface area is 119 Å². The lowest BCUT2D eigenvalue weighted by Crippen LogP contribution is -2.31. The van der Waals surface area contributed by atoms with Gasteiger partial charge in [-0.2, -0.15) is 5.10 Å². The first-order valence-corrected chi connectivity index (χ1v) is 7.20. The normalized spacial score (nSPS) is 17.5. The Morgan fingerprint density at radius 3 is 2.70 bits per heavy atom. The highest BCUT2D eigenvalue weighted by atomic mass is 15.3. The minimum Gasteiger partial charge on any atom is -0.306 e. The van der Waals surface area contributed by atoms with E-state index in [9.17, 15) is 0 Å². The second kappa shape index (κ2) is 5.71. The topological polar surface area (TPSA) is 46.8 Å². The third-order valence-corrected chi connectivity index (χ3v) is 4.10. The summed E-state index contributed by atoms with van der Waals surface area (Å²) in [7, 11) is 4.12. The summed E-state index contributed by atoms with van der Waals surface area (Å²) < 4.78 is 1.84. The Bertz CT molecular complexity index is 569. The average molecular weight is 271 g/mol. The maximum absolute atomic E-state index is 4.75. The van der Waals surface area contributed by atoms with Crippen LogP contribution < -0.4 is 0 Å². The molecule has 1 aliphatic heterocycles. The lowest BCUT2D eigenvalue weighted by atomic mass is 9.92. The van der Waals surface area contributed by atoms with Gasteiger partial charge in [-0.1, -0.05) is 0 Å². The van der Waals surface area contributed by atoms with Crippen molar-refractivity contribution in [1.82, 2.24) is 24.6 Å². The largest absolute Gasteiger partial charge is 0.306 e. The first-order valence-electron chi connectivity index (χ1n) is 7.20. The zero-order chi connectivity index (χ0) is 13.9. The molecule has 20 heavy (non-hydrogen) atoms. The molecule has 1 fully saturated rings. The predicted octanol–water partition coefficient (Wildman–Crippen LogP) is 1.76. The van der Waals surface area contributed by atoms with Gasteiger partial charge in [-0.15, -0.1) is 0 Å². The summed E-state index contributed by atoms with van der Waals surface area (Å²) in [5.41, 5.74) is 3.02. The van der Waals surface area contributed by atoms with Crippen molar-refractivity contribution in [2.75, 3.05) is 20.1 Å². The third-order valence-electron chi connectivity index (χ3n) is 4.10. The third kappa shape index (κ3) is 2.88. The number of aromatic nitrogens is 4.